The Morgan fingerprint density at radius 2 is 1.72 bits per heavy atom. The van der Waals surface area contributed by atoms with Crippen LogP contribution < -0.4 is 15.0 Å². The fourth-order valence-electron chi connectivity index (χ4n) is 4.51. The number of aromatic amines is 1. The maximum absolute atomic E-state index is 5.29. The maximum Gasteiger partial charge on any atom is 0.163 e. The number of nitrogens with zero attached hydrogens (tertiary/aromatic N) is 6. The highest BCUT2D eigenvalue weighted by atomic mass is 16.5. The lowest BCUT2D eigenvalue weighted by atomic mass is 10.1. The number of benzene rings is 1. The lowest BCUT2D eigenvalue weighted by Gasteiger charge is -2.38. The largest absolute Gasteiger partial charge is 0.497 e. The van der Waals surface area contributed by atoms with Crippen LogP contribution >= 0.6 is 0 Å². The summed E-state index contributed by atoms with van der Waals surface area (Å²) in [5.74, 6) is 3.94. The van der Waals surface area contributed by atoms with Crippen molar-refractivity contribution in [2.45, 2.75) is 26.8 Å². The summed E-state index contributed by atoms with van der Waals surface area (Å²) in [5, 5.41) is 10.4. The number of piperazine rings is 1. The molecule has 1 aromatic carbocycles. The molecule has 2 N–H and O–H groups in total. The van der Waals surface area contributed by atoms with E-state index in [9.17, 15) is 0 Å². The number of nitrogens with one attached hydrogen (secondary N) is 2. The number of H-pyrrole nitrogens is 1. The molecular formula is C27H32N8O. The molecule has 9 nitrogen and oxygen atoms in total. The molecule has 186 valence electrons. The summed E-state index contributed by atoms with van der Waals surface area (Å²) in [5.41, 5.74) is 4.05. The Morgan fingerprint density at radius 3 is 2.36 bits per heavy atom. The first-order chi connectivity index (χ1) is 17.5. The van der Waals surface area contributed by atoms with Crippen molar-refractivity contribution in [2.75, 3.05) is 43.5 Å². The second-order valence-electron chi connectivity index (χ2n) is 9.16. The van der Waals surface area contributed by atoms with Gasteiger partial charge in [0.2, 0.25) is 0 Å². The first-order valence-corrected chi connectivity index (χ1v) is 12.2. The third kappa shape index (κ3) is 5.31. The van der Waals surface area contributed by atoms with E-state index < -0.39 is 0 Å². The third-order valence-corrected chi connectivity index (χ3v) is 6.61. The van der Waals surface area contributed by atoms with Crippen LogP contribution in [0, 0.1) is 13.8 Å². The van der Waals surface area contributed by atoms with Crippen molar-refractivity contribution in [2.24, 2.45) is 0 Å². The SMILES string of the molecule is COc1ccc(C(C)N2CCN(c3ccc(-c4nc(C)cc(Nc5cc(C)[nH]n5)n4)cn3)CC2)cc1. The average molecular weight is 485 g/mol. The van der Waals surface area contributed by atoms with Crippen LogP contribution in [0.25, 0.3) is 11.4 Å². The van der Waals surface area contributed by atoms with E-state index in [1.165, 1.54) is 5.56 Å². The second kappa shape index (κ2) is 10.3. The van der Waals surface area contributed by atoms with Crippen LogP contribution in [0.1, 0.15) is 29.9 Å². The van der Waals surface area contributed by atoms with Gasteiger partial charge in [-0.05, 0) is 50.6 Å². The van der Waals surface area contributed by atoms with E-state index in [0.29, 0.717) is 17.7 Å². The lowest BCUT2D eigenvalue weighted by Crippen LogP contribution is -2.47. The molecule has 0 amide bonds. The van der Waals surface area contributed by atoms with Gasteiger partial charge in [-0.1, -0.05) is 12.1 Å². The van der Waals surface area contributed by atoms with Gasteiger partial charge in [-0.3, -0.25) is 10.00 Å². The quantitative estimate of drug-likeness (QED) is 0.396. The van der Waals surface area contributed by atoms with E-state index in [2.05, 4.69) is 60.4 Å². The summed E-state index contributed by atoms with van der Waals surface area (Å²) in [6.45, 7) is 10.0. The number of methoxy groups -OCH3 is 1. The first kappa shape index (κ1) is 23.7. The molecule has 36 heavy (non-hydrogen) atoms. The predicted molar refractivity (Wildman–Crippen MR) is 142 cm³/mol. The zero-order valence-corrected chi connectivity index (χ0v) is 21.2. The summed E-state index contributed by atoms with van der Waals surface area (Å²) in [7, 11) is 1.70. The standard InChI is InChI=1S/C27H32N8O/c1-18-15-24(30-25-16-19(2)32-33-25)31-27(29-18)22-7-10-26(28-17-22)35-13-11-34(12-14-35)20(3)21-5-8-23(36-4)9-6-21/h5-10,15-17,20H,11-14H2,1-4H3,(H2,29,30,31,32,33). The third-order valence-electron chi connectivity index (χ3n) is 6.61. The molecule has 5 rings (SSSR count). The number of pyridine rings is 1. The Hall–Kier alpha value is -3.98. The number of rotatable bonds is 7. The minimum atomic E-state index is 0.361. The van der Waals surface area contributed by atoms with E-state index in [0.717, 1.165) is 60.5 Å². The highest BCUT2D eigenvalue weighted by molar-refractivity contribution is 5.61. The zero-order valence-electron chi connectivity index (χ0n) is 21.2. The van der Waals surface area contributed by atoms with Gasteiger partial charge in [0.1, 0.15) is 17.4 Å². The van der Waals surface area contributed by atoms with Gasteiger partial charge in [0.15, 0.2) is 11.6 Å². The maximum atomic E-state index is 5.29. The Morgan fingerprint density at radius 1 is 0.944 bits per heavy atom. The Kier molecular flexibility index (Phi) is 6.81. The van der Waals surface area contributed by atoms with Gasteiger partial charge in [0, 0.05) is 67.5 Å². The molecule has 0 bridgehead atoms. The predicted octanol–water partition coefficient (Wildman–Crippen LogP) is 4.51. The summed E-state index contributed by atoms with van der Waals surface area (Å²) < 4.78 is 5.29. The minimum absolute atomic E-state index is 0.361. The Bertz CT molecular complexity index is 1290. The number of ether oxygens (including phenoxy) is 1. The van der Waals surface area contributed by atoms with Crippen LogP contribution in [0.15, 0.2) is 54.7 Å². The van der Waals surface area contributed by atoms with Crippen molar-refractivity contribution >= 4 is 17.5 Å². The second-order valence-corrected chi connectivity index (χ2v) is 9.16. The molecule has 0 aliphatic carbocycles. The smallest absolute Gasteiger partial charge is 0.163 e. The molecule has 1 unspecified atom stereocenters. The molecule has 1 saturated heterocycles. The lowest BCUT2D eigenvalue weighted by molar-refractivity contribution is 0.198. The molecule has 1 aliphatic heterocycles. The van der Waals surface area contributed by atoms with Crippen molar-refractivity contribution in [3.8, 4) is 17.1 Å². The van der Waals surface area contributed by atoms with Crippen LogP contribution in [0.3, 0.4) is 0 Å². The molecule has 3 aromatic heterocycles. The van der Waals surface area contributed by atoms with Gasteiger partial charge in [-0.25, -0.2) is 15.0 Å². The molecule has 1 atom stereocenters. The van der Waals surface area contributed by atoms with Gasteiger partial charge in [-0.15, -0.1) is 0 Å². The molecule has 0 radical (unpaired) electrons. The van der Waals surface area contributed by atoms with Crippen molar-refractivity contribution in [1.82, 2.24) is 30.0 Å². The molecule has 0 saturated carbocycles. The zero-order chi connectivity index (χ0) is 25.1. The summed E-state index contributed by atoms with van der Waals surface area (Å²) in [6.07, 6.45) is 1.86. The van der Waals surface area contributed by atoms with E-state index in [4.69, 9.17) is 9.72 Å². The number of aryl methyl sites for hydroxylation is 2. The fourth-order valence-corrected chi connectivity index (χ4v) is 4.51. The van der Waals surface area contributed by atoms with Crippen LogP contribution in [0.4, 0.5) is 17.5 Å². The molecule has 1 aliphatic rings. The molecule has 9 heteroatoms. The van der Waals surface area contributed by atoms with Crippen LogP contribution in [-0.2, 0) is 0 Å². The van der Waals surface area contributed by atoms with Gasteiger partial charge < -0.3 is 15.0 Å². The van der Waals surface area contributed by atoms with Gasteiger partial charge in [0.05, 0.1) is 7.11 Å². The van der Waals surface area contributed by atoms with Crippen molar-refractivity contribution in [1.29, 1.82) is 0 Å². The monoisotopic (exact) mass is 484 g/mol. The fraction of sp³-hybridized carbons (Fsp3) is 0.333. The Balaban J connectivity index is 1.22. The van der Waals surface area contributed by atoms with E-state index in [-0.39, 0.29) is 0 Å². The number of anilines is 3. The van der Waals surface area contributed by atoms with Gasteiger partial charge in [0.25, 0.3) is 0 Å². The summed E-state index contributed by atoms with van der Waals surface area (Å²) in [4.78, 5) is 18.9. The normalized spacial score (nSPS) is 15.1. The first-order valence-electron chi connectivity index (χ1n) is 12.2. The minimum Gasteiger partial charge on any atom is -0.497 e. The van der Waals surface area contributed by atoms with E-state index in [1.807, 2.05) is 50.4 Å². The van der Waals surface area contributed by atoms with Crippen LogP contribution in [-0.4, -0.2) is 63.3 Å². The van der Waals surface area contributed by atoms with Crippen molar-refractivity contribution in [3.63, 3.8) is 0 Å². The van der Waals surface area contributed by atoms with E-state index in [1.54, 1.807) is 7.11 Å². The number of hydrogen-bond donors (Lipinski definition) is 2. The average Bonchev–Trinajstić information content (AvgIpc) is 3.32. The number of aromatic nitrogens is 5. The highest BCUT2D eigenvalue weighted by Crippen LogP contribution is 2.26. The molecular weight excluding hydrogens is 452 g/mol. The molecule has 4 heterocycles. The van der Waals surface area contributed by atoms with Crippen LogP contribution in [0.5, 0.6) is 5.75 Å². The van der Waals surface area contributed by atoms with E-state index >= 15 is 0 Å². The van der Waals surface area contributed by atoms with Gasteiger partial charge >= 0.3 is 0 Å². The summed E-state index contributed by atoms with van der Waals surface area (Å²) >= 11 is 0. The number of hydrogen-bond acceptors (Lipinski definition) is 8. The highest BCUT2D eigenvalue weighted by Gasteiger charge is 2.23. The molecule has 1 fully saturated rings. The Labute approximate surface area is 211 Å². The topological polar surface area (TPSA) is 95.1 Å². The molecule has 0 spiro atoms. The summed E-state index contributed by atoms with van der Waals surface area (Å²) in [6, 6.07) is 16.7. The van der Waals surface area contributed by atoms with Crippen molar-refractivity contribution < 1.29 is 4.74 Å². The van der Waals surface area contributed by atoms with Crippen molar-refractivity contribution in [3.05, 3.63) is 71.7 Å². The van der Waals surface area contributed by atoms with Crippen LogP contribution in [0.2, 0.25) is 0 Å². The molecule has 4 aromatic rings. The van der Waals surface area contributed by atoms with Gasteiger partial charge in [-0.2, -0.15) is 5.10 Å².